The lowest BCUT2D eigenvalue weighted by molar-refractivity contribution is -0.130. The smallest absolute Gasteiger partial charge is 0.254 e. The molecule has 130 valence electrons. The topological polar surface area (TPSA) is 53.5 Å². The fourth-order valence-corrected chi connectivity index (χ4v) is 3.04. The number of aromatic nitrogens is 1. The second-order valence-corrected chi connectivity index (χ2v) is 6.42. The van der Waals surface area contributed by atoms with E-state index in [2.05, 4.69) is 4.98 Å². The lowest BCUT2D eigenvalue weighted by Gasteiger charge is -2.22. The van der Waals surface area contributed by atoms with Crippen LogP contribution in [0.4, 0.5) is 0 Å². The minimum atomic E-state index is 0.00948. The van der Waals surface area contributed by atoms with Gasteiger partial charge in [-0.1, -0.05) is 29.8 Å². The van der Waals surface area contributed by atoms with Crippen LogP contribution in [0.1, 0.15) is 27.9 Å². The summed E-state index contributed by atoms with van der Waals surface area (Å²) < 4.78 is 0. The minimum absolute atomic E-state index is 0.00948. The van der Waals surface area contributed by atoms with E-state index < -0.39 is 0 Å². The van der Waals surface area contributed by atoms with Crippen LogP contribution in [-0.4, -0.2) is 52.8 Å². The highest BCUT2D eigenvalue weighted by Crippen LogP contribution is 2.11. The molecular weight excluding hydrogens is 314 g/mol. The Labute approximate surface area is 148 Å². The lowest BCUT2D eigenvalue weighted by atomic mass is 10.1. The Hall–Kier alpha value is -2.69. The van der Waals surface area contributed by atoms with E-state index in [0.29, 0.717) is 38.2 Å². The van der Waals surface area contributed by atoms with Crippen molar-refractivity contribution in [3.63, 3.8) is 0 Å². The van der Waals surface area contributed by atoms with Crippen LogP contribution in [0.2, 0.25) is 0 Å². The van der Waals surface area contributed by atoms with Crippen LogP contribution in [-0.2, 0) is 11.2 Å². The van der Waals surface area contributed by atoms with E-state index >= 15 is 0 Å². The summed E-state index contributed by atoms with van der Waals surface area (Å²) in [7, 11) is 0. The average molecular weight is 337 g/mol. The van der Waals surface area contributed by atoms with Crippen molar-refractivity contribution in [1.82, 2.24) is 14.8 Å². The van der Waals surface area contributed by atoms with Gasteiger partial charge in [0, 0.05) is 44.1 Å². The van der Waals surface area contributed by atoms with Crippen molar-refractivity contribution in [2.75, 3.05) is 26.2 Å². The first-order valence-electron chi connectivity index (χ1n) is 8.66. The average Bonchev–Trinajstić information content (AvgIpc) is 2.90. The van der Waals surface area contributed by atoms with Gasteiger partial charge in [0.05, 0.1) is 6.42 Å². The molecular formula is C20H23N3O2. The third-order valence-electron chi connectivity index (χ3n) is 4.54. The van der Waals surface area contributed by atoms with E-state index in [1.165, 1.54) is 5.56 Å². The van der Waals surface area contributed by atoms with Crippen LogP contribution in [0.5, 0.6) is 0 Å². The van der Waals surface area contributed by atoms with Gasteiger partial charge in [-0.3, -0.25) is 14.6 Å². The van der Waals surface area contributed by atoms with Gasteiger partial charge in [0.15, 0.2) is 0 Å². The Morgan fingerprint density at radius 3 is 2.28 bits per heavy atom. The van der Waals surface area contributed by atoms with E-state index in [1.807, 2.05) is 41.0 Å². The van der Waals surface area contributed by atoms with Crippen LogP contribution >= 0.6 is 0 Å². The third-order valence-corrected chi connectivity index (χ3v) is 4.54. The van der Waals surface area contributed by atoms with Gasteiger partial charge in [-0.25, -0.2) is 0 Å². The zero-order valence-corrected chi connectivity index (χ0v) is 14.5. The zero-order chi connectivity index (χ0) is 17.6. The molecule has 5 heteroatoms. The molecule has 0 radical (unpaired) electrons. The van der Waals surface area contributed by atoms with Crippen LogP contribution in [0, 0.1) is 6.92 Å². The summed E-state index contributed by atoms with van der Waals surface area (Å²) in [5.74, 6) is 0.136. The maximum atomic E-state index is 12.6. The SMILES string of the molecule is Cc1ccc(CC(=O)N2CCCN(C(=O)c3ccncc3)CC2)cc1. The first-order valence-corrected chi connectivity index (χ1v) is 8.66. The zero-order valence-electron chi connectivity index (χ0n) is 14.5. The van der Waals surface area contributed by atoms with E-state index in [1.54, 1.807) is 24.5 Å². The van der Waals surface area contributed by atoms with Gasteiger partial charge >= 0.3 is 0 Å². The van der Waals surface area contributed by atoms with Gasteiger partial charge in [0.25, 0.3) is 5.91 Å². The predicted octanol–water partition coefficient (Wildman–Crippen LogP) is 2.31. The summed E-state index contributed by atoms with van der Waals surface area (Å²) in [4.78, 5) is 32.8. The number of aryl methyl sites for hydroxylation is 1. The van der Waals surface area contributed by atoms with Crippen molar-refractivity contribution in [1.29, 1.82) is 0 Å². The van der Waals surface area contributed by atoms with Gasteiger partial charge < -0.3 is 9.80 Å². The number of nitrogens with zero attached hydrogens (tertiary/aromatic N) is 3. The fourth-order valence-electron chi connectivity index (χ4n) is 3.04. The molecule has 0 atom stereocenters. The van der Waals surface area contributed by atoms with Crippen LogP contribution < -0.4 is 0 Å². The summed E-state index contributed by atoms with van der Waals surface area (Å²) >= 11 is 0. The normalized spacial score (nSPS) is 14.9. The Morgan fingerprint density at radius 2 is 1.56 bits per heavy atom. The van der Waals surface area contributed by atoms with Crippen LogP contribution in [0.15, 0.2) is 48.8 Å². The molecule has 0 unspecified atom stereocenters. The highest BCUT2D eigenvalue weighted by molar-refractivity contribution is 5.94. The number of rotatable bonds is 3. The van der Waals surface area contributed by atoms with Gasteiger partial charge in [-0.05, 0) is 31.0 Å². The molecule has 1 saturated heterocycles. The van der Waals surface area contributed by atoms with E-state index in [4.69, 9.17) is 0 Å². The monoisotopic (exact) mass is 337 g/mol. The van der Waals surface area contributed by atoms with Gasteiger partial charge in [0.2, 0.25) is 5.91 Å². The summed E-state index contributed by atoms with van der Waals surface area (Å²) in [6.45, 7) is 4.57. The van der Waals surface area contributed by atoms with E-state index in [-0.39, 0.29) is 11.8 Å². The number of amides is 2. The first kappa shape index (κ1) is 17.1. The molecule has 1 aliphatic rings. The second kappa shape index (κ2) is 7.92. The molecule has 1 aromatic carbocycles. The fraction of sp³-hybridized carbons (Fsp3) is 0.350. The first-order chi connectivity index (χ1) is 12.1. The molecule has 0 N–H and O–H groups in total. The van der Waals surface area contributed by atoms with Crippen LogP contribution in [0.3, 0.4) is 0 Å². The molecule has 1 fully saturated rings. The molecule has 2 amide bonds. The molecule has 1 aromatic heterocycles. The van der Waals surface area contributed by atoms with Gasteiger partial charge in [-0.15, -0.1) is 0 Å². The largest absolute Gasteiger partial charge is 0.341 e. The molecule has 5 nitrogen and oxygen atoms in total. The highest BCUT2D eigenvalue weighted by Gasteiger charge is 2.22. The van der Waals surface area contributed by atoms with Crippen molar-refractivity contribution in [3.05, 3.63) is 65.5 Å². The highest BCUT2D eigenvalue weighted by atomic mass is 16.2. The summed E-state index contributed by atoms with van der Waals surface area (Å²) in [6, 6.07) is 11.5. The number of hydrogen-bond donors (Lipinski definition) is 0. The molecule has 2 aromatic rings. The quantitative estimate of drug-likeness (QED) is 0.864. The van der Waals surface area contributed by atoms with Crippen molar-refractivity contribution in [3.8, 4) is 0 Å². The third kappa shape index (κ3) is 4.44. The van der Waals surface area contributed by atoms with Crippen molar-refractivity contribution in [2.24, 2.45) is 0 Å². The maximum absolute atomic E-state index is 12.6. The molecule has 0 saturated carbocycles. The summed E-state index contributed by atoms with van der Waals surface area (Å²) in [5, 5.41) is 0. The number of carbonyl (C=O) groups is 2. The predicted molar refractivity (Wildman–Crippen MR) is 96.2 cm³/mol. The minimum Gasteiger partial charge on any atom is -0.341 e. The number of carbonyl (C=O) groups excluding carboxylic acids is 2. The van der Waals surface area contributed by atoms with Gasteiger partial charge in [0.1, 0.15) is 0 Å². The summed E-state index contributed by atoms with van der Waals surface area (Å²) in [6.07, 6.45) is 4.47. The Balaban J connectivity index is 1.58. The molecule has 0 aliphatic carbocycles. The Kier molecular flexibility index (Phi) is 5.43. The maximum Gasteiger partial charge on any atom is 0.254 e. The van der Waals surface area contributed by atoms with Crippen molar-refractivity contribution < 1.29 is 9.59 Å². The Morgan fingerprint density at radius 1 is 0.920 bits per heavy atom. The molecule has 1 aliphatic heterocycles. The van der Waals surface area contributed by atoms with E-state index in [9.17, 15) is 9.59 Å². The molecule has 25 heavy (non-hydrogen) atoms. The summed E-state index contributed by atoms with van der Waals surface area (Å²) in [5.41, 5.74) is 2.87. The molecule has 3 rings (SSSR count). The number of pyridine rings is 1. The molecule has 2 heterocycles. The lowest BCUT2D eigenvalue weighted by Crippen LogP contribution is -2.38. The van der Waals surface area contributed by atoms with Crippen LogP contribution in [0.25, 0.3) is 0 Å². The molecule has 0 spiro atoms. The Bertz CT molecular complexity index is 728. The van der Waals surface area contributed by atoms with Gasteiger partial charge in [-0.2, -0.15) is 0 Å². The molecule has 0 bridgehead atoms. The standard InChI is InChI=1S/C20H23N3O2/c1-16-3-5-17(6-4-16)15-19(24)22-11-2-12-23(14-13-22)20(25)18-7-9-21-10-8-18/h3-10H,2,11-15H2,1H3. The van der Waals surface area contributed by atoms with E-state index in [0.717, 1.165) is 12.0 Å². The number of hydrogen-bond acceptors (Lipinski definition) is 3. The van der Waals surface area contributed by atoms with Crippen molar-refractivity contribution >= 4 is 11.8 Å². The second-order valence-electron chi connectivity index (χ2n) is 6.42. The number of benzene rings is 1. The van der Waals surface area contributed by atoms with Crippen molar-refractivity contribution in [2.45, 2.75) is 19.8 Å².